The van der Waals surface area contributed by atoms with E-state index in [1.54, 1.807) is 0 Å². The Kier molecular flexibility index (Phi) is 6.51. The zero-order chi connectivity index (χ0) is 29.3. The summed E-state index contributed by atoms with van der Waals surface area (Å²) < 4.78 is 6.40. The van der Waals surface area contributed by atoms with E-state index < -0.39 is 0 Å². The molecule has 7 aromatic carbocycles. The van der Waals surface area contributed by atoms with Crippen molar-refractivity contribution >= 4 is 39.0 Å². The molecule has 2 heteroatoms. The summed E-state index contributed by atoms with van der Waals surface area (Å²) in [4.78, 5) is 2.33. The highest BCUT2D eigenvalue weighted by atomic mass is 16.3. The van der Waals surface area contributed by atoms with E-state index in [-0.39, 0.29) is 0 Å². The smallest absolute Gasteiger partial charge is 0.137 e. The molecule has 0 fully saturated rings. The van der Waals surface area contributed by atoms with Crippen LogP contribution in [0.4, 0.5) is 17.1 Å². The molecule has 8 aromatic rings. The Hall–Kier alpha value is -5.86. The van der Waals surface area contributed by atoms with Crippen LogP contribution in [0.5, 0.6) is 0 Å². The molecule has 0 aliphatic rings. The van der Waals surface area contributed by atoms with Crippen molar-refractivity contribution in [3.63, 3.8) is 0 Å². The van der Waals surface area contributed by atoms with Crippen LogP contribution in [0.25, 0.3) is 55.3 Å². The summed E-state index contributed by atoms with van der Waals surface area (Å²) in [6.07, 6.45) is 0. The highest BCUT2D eigenvalue weighted by Gasteiger charge is 2.20. The second-order valence-corrected chi connectivity index (χ2v) is 11.0. The third-order valence-electron chi connectivity index (χ3n) is 8.29. The van der Waals surface area contributed by atoms with Gasteiger partial charge in [-0.05, 0) is 64.2 Å². The van der Waals surface area contributed by atoms with Crippen molar-refractivity contribution in [2.45, 2.75) is 0 Å². The van der Waals surface area contributed by atoms with Crippen molar-refractivity contribution in [3.8, 4) is 33.4 Å². The standard InChI is InChI=1S/C42H29NO/c1-4-12-30(13-5-1)31-20-22-32(23-21-31)33-24-26-36(27-25-33)43(35-16-8-3-9-17-35)40-29-42-39(37-18-10-11-19-41(37)44-42)28-38(40)34-14-6-2-7-15-34/h1-29H. The summed E-state index contributed by atoms with van der Waals surface area (Å²) >= 11 is 0. The molecule has 0 radical (unpaired) electrons. The first kappa shape index (κ1) is 25.8. The molecule has 44 heavy (non-hydrogen) atoms. The van der Waals surface area contributed by atoms with Gasteiger partial charge in [-0.1, -0.05) is 133 Å². The van der Waals surface area contributed by atoms with Gasteiger partial charge in [-0.25, -0.2) is 0 Å². The van der Waals surface area contributed by atoms with E-state index in [0.717, 1.165) is 50.1 Å². The third-order valence-corrected chi connectivity index (χ3v) is 8.29. The molecule has 0 aliphatic heterocycles. The van der Waals surface area contributed by atoms with Crippen LogP contribution in [-0.2, 0) is 0 Å². The zero-order valence-electron chi connectivity index (χ0n) is 24.1. The Morgan fingerprint density at radius 2 is 0.818 bits per heavy atom. The van der Waals surface area contributed by atoms with Gasteiger partial charge in [0.05, 0.1) is 5.69 Å². The fraction of sp³-hybridized carbons (Fsp3) is 0. The number of benzene rings is 7. The molecule has 1 aromatic heterocycles. The largest absolute Gasteiger partial charge is 0.456 e. The van der Waals surface area contributed by atoms with Crippen LogP contribution < -0.4 is 4.90 Å². The maximum atomic E-state index is 6.40. The van der Waals surface area contributed by atoms with E-state index in [0.29, 0.717) is 0 Å². The van der Waals surface area contributed by atoms with Gasteiger partial charge in [0.25, 0.3) is 0 Å². The molecule has 8 rings (SSSR count). The molecular weight excluding hydrogens is 534 g/mol. The van der Waals surface area contributed by atoms with Crippen molar-refractivity contribution in [1.29, 1.82) is 0 Å². The van der Waals surface area contributed by atoms with Gasteiger partial charge in [0, 0.05) is 33.8 Å². The van der Waals surface area contributed by atoms with Crippen LogP contribution in [0.3, 0.4) is 0 Å². The quantitative estimate of drug-likeness (QED) is 0.200. The molecule has 0 N–H and O–H groups in total. The first-order valence-electron chi connectivity index (χ1n) is 14.9. The monoisotopic (exact) mass is 563 g/mol. The number of anilines is 3. The minimum atomic E-state index is 0.872. The SMILES string of the molecule is c1ccc(-c2ccc(-c3ccc(N(c4ccccc4)c4cc5oc6ccccc6c5cc4-c4ccccc4)cc3)cc2)cc1. The van der Waals surface area contributed by atoms with Crippen LogP contribution in [0, 0.1) is 0 Å². The Labute approximate surface area is 257 Å². The lowest BCUT2D eigenvalue weighted by molar-refractivity contribution is 0.669. The average Bonchev–Trinajstić information content (AvgIpc) is 3.47. The predicted octanol–water partition coefficient (Wildman–Crippen LogP) is 12.1. The van der Waals surface area contributed by atoms with Gasteiger partial charge < -0.3 is 9.32 Å². The van der Waals surface area contributed by atoms with E-state index >= 15 is 0 Å². The van der Waals surface area contributed by atoms with Crippen molar-refractivity contribution in [1.82, 2.24) is 0 Å². The molecule has 2 nitrogen and oxygen atoms in total. The molecule has 0 atom stereocenters. The second kappa shape index (κ2) is 11.1. The lowest BCUT2D eigenvalue weighted by atomic mass is 9.98. The summed E-state index contributed by atoms with van der Waals surface area (Å²) in [5, 5.41) is 2.24. The normalized spacial score (nSPS) is 11.2. The van der Waals surface area contributed by atoms with Crippen LogP contribution in [0.1, 0.15) is 0 Å². The van der Waals surface area contributed by atoms with Gasteiger partial charge >= 0.3 is 0 Å². The molecule has 0 spiro atoms. The van der Waals surface area contributed by atoms with Crippen molar-refractivity contribution in [2.24, 2.45) is 0 Å². The number of nitrogens with zero attached hydrogens (tertiary/aromatic N) is 1. The highest BCUT2D eigenvalue weighted by molar-refractivity contribution is 6.09. The number of fused-ring (bicyclic) bond motifs is 3. The van der Waals surface area contributed by atoms with E-state index in [1.807, 2.05) is 12.1 Å². The van der Waals surface area contributed by atoms with E-state index in [2.05, 4.69) is 169 Å². The van der Waals surface area contributed by atoms with Crippen LogP contribution in [0.2, 0.25) is 0 Å². The topological polar surface area (TPSA) is 16.4 Å². The fourth-order valence-corrected chi connectivity index (χ4v) is 6.09. The Balaban J connectivity index is 1.26. The average molecular weight is 564 g/mol. The maximum Gasteiger partial charge on any atom is 0.137 e. The highest BCUT2D eigenvalue weighted by Crippen LogP contribution is 2.45. The Morgan fingerprint density at radius 3 is 1.45 bits per heavy atom. The molecule has 0 unspecified atom stereocenters. The number of hydrogen-bond acceptors (Lipinski definition) is 2. The van der Waals surface area contributed by atoms with Crippen molar-refractivity contribution < 1.29 is 4.42 Å². The number of hydrogen-bond donors (Lipinski definition) is 0. The van der Waals surface area contributed by atoms with E-state index in [4.69, 9.17) is 4.42 Å². The summed E-state index contributed by atoms with van der Waals surface area (Å²) in [6, 6.07) is 62.1. The van der Waals surface area contributed by atoms with Crippen LogP contribution in [-0.4, -0.2) is 0 Å². The van der Waals surface area contributed by atoms with Crippen molar-refractivity contribution in [2.75, 3.05) is 4.90 Å². The molecule has 208 valence electrons. The predicted molar refractivity (Wildman–Crippen MR) is 185 cm³/mol. The van der Waals surface area contributed by atoms with Crippen LogP contribution >= 0.6 is 0 Å². The van der Waals surface area contributed by atoms with Gasteiger partial charge in [0.15, 0.2) is 0 Å². The van der Waals surface area contributed by atoms with E-state index in [9.17, 15) is 0 Å². The molecule has 0 aliphatic carbocycles. The minimum absolute atomic E-state index is 0.872. The lowest BCUT2D eigenvalue weighted by Gasteiger charge is -2.28. The summed E-state index contributed by atoms with van der Waals surface area (Å²) in [6.45, 7) is 0. The Morgan fingerprint density at radius 1 is 0.341 bits per heavy atom. The fourth-order valence-electron chi connectivity index (χ4n) is 6.09. The van der Waals surface area contributed by atoms with Gasteiger partial charge in [0.2, 0.25) is 0 Å². The molecule has 0 bridgehead atoms. The van der Waals surface area contributed by atoms with E-state index in [1.165, 1.54) is 22.3 Å². The Bertz CT molecular complexity index is 2180. The first-order chi connectivity index (χ1) is 21.8. The summed E-state index contributed by atoms with van der Waals surface area (Å²) in [5.41, 5.74) is 12.1. The van der Waals surface area contributed by atoms with Gasteiger partial charge in [0.1, 0.15) is 11.2 Å². The van der Waals surface area contributed by atoms with Crippen LogP contribution in [0.15, 0.2) is 180 Å². The molecule has 0 amide bonds. The lowest BCUT2D eigenvalue weighted by Crippen LogP contribution is -2.11. The summed E-state index contributed by atoms with van der Waals surface area (Å²) in [5.74, 6) is 0. The second-order valence-electron chi connectivity index (χ2n) is 11.0. The molecule has 0 saturated heterocycles. The zero-order valence-corrected chi connectivity index (χ0v) is 24.1. The maximum absolute atomic E-state index is 6.40. The molecule has 0 saturated carbocycles. The van der Waals surface area contributed by atoms with Crippen molar-refractivity contribution in [3.05, 3.63) is 176 Å². The van der Waals surface area contributed by atoms with Gasteiger partial charge in [-0.3, -0.25) is 0 Å². The van der Waals surface area contributed by atoms with Gasteiger partial charge in [-0.15, -0.1) is 0 Å². The van der Waals surface area contributed by atoms with Gasteiger partial charge in [-0.2, -0.15) is 0 Å². The molecule has 1 heterocycles. The number of para-hydroxylation sites is 2. The molecular formula is C42H29NO. The minimum Gasteiger partial charge on any atom is -0.456 e. The number of rotatable bonds is 6. The number of furan rings is 1. The first-order valence-corrected chi connectivity index (χ1v) is 14.9. The summed E-state index contributed by atoms with van der Waals surface area (Å²) in [7, 11) is 0. The third kappa shape index (κ3) is 4.73.